The summed E-state index contributed by atoms with van der Waals surface area (Å²) in [5.74, 6) is 0.578. The number of carbonyl (C=O) groups excluding carboxylic acids is 2. The molecule has 2 saturated heterocycles. The standard InChI is InChI=1S/C31H40N2O3S/c1-4-6-7-14-20-36-30(34)26(15-5-2)29-28-27(22-37-29)33(23(3)25-18-12-9-13-19-25)31(35)32(28)21-24-16-10-8-11-17-24/h8-13,16-19,23,27-28H,4-7,14-15,20-22H2,1-3H3/t23-,27?,28?/m1/s1. The number of carbonyl (C=O) groups is 2. The maximum Gasteiger partial charge on any atom is 0.334 e. The monoisotopic (exact) mass is 520 g/mol. The lowest BCUT2D eigenvalue weighted by Gasteiger charge is -2.29. The molecular weight excluding hydrogens is 480 g/mol. The number of esters is 1. The first-order chi connectivity index (χ1) is 18.1. The highest BCUT2D eigenvalue weighted by atomic mass is 32.2. The van der Waals surface area contributed by atoms with Crippen LogP contribution in [0, 0.1) is 0 Å². The fourth-order valence-electron chi connectivity index (χ4n) is 5.43. The smallest absolute Gasteiger partial charge is 0.334 e. The first kappa shape index (κ1) is 27.3. The molecule has 2 aromatic rings. The van der Waals surface area contributed by atoms with Crippen molar-refractivity contribution in [3.8, 4) is 0 Å². The van der Waals surface area contributed by atoms with E-state index in [1.165, 1.54) is 0 Å². The molecule has 0 spiro atoms. The molecule has 2 aromatic carbocycles. The van der Waals surface area contributed by atoms with Crippen molar-refractivity contribution >= 4 is 23.8 Å². The van der Waals surface area contributed by atoms with Crippen molar-refractivity contribution in [2.24, 2.45) is 0 Å². The Bertz CT molecular complexity index is 1070. The summed E-state index contributed by atoms with van der Waals surface area (Å²) < 4.78 is 5.76. The fraction of sp³-hybridized carbons (Fsp3) is 0.484. The first-order valence-electron chi connectivity index (χ1n) is 13.8. The van der Waals surface area contributed by atoms with Crippen LogP contribution in [0.4, 0.5) is 4.79 Å². The molecule has 2 unspecified atom stereocenters. The van der Waals surface area contributed by atoms with Crippen molar-refractivity contribution in [3.05, 3.63) is 82.3 Å². The average Bonchev–Trinajstić information content (AvgIpc) is 3.45. The fourth-order valence-corrected chi connectivity index (χ4v) is 6.94. The second-order valence-electron chi connectivity index (χ2n) is 10.0. The third-order valence-electron chi connectivity index (χ3n) is 7.37. The highest BCUT2D eigenvalue weighted by molar-refractivity contribution is 8.03. The van der Waals surface area contributed by atoms with E-state index in [0.29, 0.717) is 19.6 Å². The van der Waals surface area contributed by atoms with Crippen LogP contribution in [0.5, 0.6) is 0 Å². The van der Waals surface area contributed by atoms with Crippen molar-refractivity contribution in [1.29, 1.82) is 0 Å². The Kier molecular flexibility index (Phi) is 9.73. The number of rotatable bonds is 12. The summed E-state index contributed by atoms with van der Waals surface area (Å²) in [4.78, 5) is 32.4. The van der Waals surface area contributed by atoms with Crippen molar-refractivity contribution in [3.63, 3.8) is 0 Å². The van der Waals surface area contributed by atoms with Gasteiger partial charge in [0.1, 0.15) is 0 Å². The largest absolute Gasteiger partial charge is 0.462 e. The van der Waals surface area contributed by atoms with E-state index in [2.05, 4.69) is 45.0 Å². The third-order valence-corrected chi connectivity index (χ3v) is 8.68. The third kappa shape index (κ3) is 6.23. The molecule has 0 radical (unpaired) electrons. The summed E-state index contributed by atoms with van der Waals surface area (Å²) in [5, 5.41) is 0. The SMILES string of the molecule is CCCCCCOC(=O)C(CCC)=C1SCC2C1N(Cc1ccccc1)C(=O)N2[C@H](C)c1ccccc1. The zero-order valence-corrected chi connectivity index (χ0v) is 23.2. The summed E-state index contributed by atoms with van der Waals surface area (Å²) in [6, 6.07) is 20.2. The predicted molar refractivity (Wildman–Crippen MR) is 151 cm³/mol. The van der Waals surface area contributed by atoms with Crippen molar-refractivity contribution < 1.29 is 14.3 Å². The Morgan fingerprint density at radius 2 is 1.70 bits per heavy atom. The summed E-state index contributed by atoms with van der Waals surface area (Å²) in [6.45, 7) is 7.36. The van der Waals surface area contributed by atoms with E-state index in [0.717, 1.165) is 59.5 Å². The molecule has 2 fully saturated rings. The zero-order chi connectivity index (χ0) is 26.2. The van der Waals surface area contributed by atoms with Gasteiger partial charge in [-0.2, -0.15) is 0 Å². The molecule has 0 saturated carbocycles. The Hall–Kier alpha value is -2.73. The van der Waals surface area contributed by atoms with Crippen molar-refractivity contribution in [2.45, 2.75) is 84.0 Å². The van der Waals surface area contributed by atoms with Crippen LogP contribution in [-0.2, 0) is 16.1 Å². The van der Waals surface area contributed by atoms with Gasteiger partial charge >= 0.3 is 12.0 Å². The molecule has 6 heteroatoms. The zero-order valence-electron chi connectivity index (χ0n) is 22.4. The minimum absolute atomic E-state index is 0.00984. The summed E-state index contributed by atoms with van der Waals surface area (Å²) in [6.07, 6.45) is 5.82. The molecule has 2 aliphatic heterocycles. The van der Waals surface area contributed by atoms with Gasteiger partial charge < -0.3 is 14.5 Å². The normalized spacial score (nSPS) is 21.2. The molecular formula is C31H40N2O3S. The summed E-state index contributed by atoms with van der Waals surface area (Å²) in [5.41, 5.74) is 2.98. The molecule has 2 amide bonds. The molecule has 5 nitrogen and oxygen atoms in total. The number of hydrogen-bond donors (Lipinski definition) is 0. The van der Waals surface area contributed by atoms with Crippen LogP contribution in [-0.4, -0.2) is 46.2 Å². The van der Waals surface area contributed by atoms with Crippen LogP contribution in [0.25, 0.3) is 0 Å². The second kappa shape index (κ2) is 13.2. The second-order valence-corrected chi connectivity index (χ2v) is 11.1. The van der Waals surface area contributed by atoms with Gasteiger partial charge in [0.25, 0.3) is 0 Å². The molecule has 0 bridgehead atoms. The van der Waals surface area contributed by atoms with Crippen LogP contribution in [0.15, 0.2) is 71.1 Å². The van der Waals surface area contributed by atoms with E-state index in [1.807, 2.05) is 46.2 Å². The highest BCUT2D eigenvalue weighted by Gasteiger charge is 2.53. The van der Waals surface area contributed by atoms with E-state index >= 15 is 0 Å². The van der Waals surface area contributed by atoms with E-state index < -0.39 is 0 Å². The van der Waals surface area contributed by atoms with Crippen LogP contribution in [0.3, 0.4) is 0 Å². The topological polar surface area (TPSA) is 49.9 Å². The number of ether oxygens (including phenoxy) is 1. The number of urea groups is 1. The van der Waals surface area contributed by atoms with Crippen LogP contribution in [0.1, 0.15) is 76.5 Å². The average molecular weight is 521 g/mol. The van der Waals surface area contributed by atoms with Crippen LogP contribution >= 0.6 is 11.8 Å². The molecule has 3 atom stereocenters. The minimum Gasteiger partial charge on any atom is -0.462 e. The van der Waals surface area contributed by atoms with Gasteiger partial charge in [0.2, 0.25) is 0 Å². The van der Waals surface area contributed by atoms with E-state index in [1.54, 1.807) is 11.8 Å². The first-order valence-corrected chi connectivity index (χ1v) is 14.8. The van der Waals surface area contributed by atoms with Gasteiger partial charge in [-0.15, -0.1) is 11.8 Å². The summed E-state index contributed by atoms with van der Waals surface area (Å²) in [7, 11) is 0. The number of fused-ring (bicyclic) bond motifs is 1. The summed E-state index contributed by atoms with van der Waals surface area (Å²) >= 11 is 1.73. The predicted octanol–water partition coefficient (Wildman–Crippen LogP) is 7.35. The number of nitrogens with zero attached hydrogens (tertiary/aromatic N) is 2. The van der Waals surface area contributed by atoms with E-state index in [9.17, 15) is 9.59 Å². The highest BCUT2D eigenvalue weighted by Crippen LogP contribution is 2.47. The molecule has 0 N–H and O–H groups in total. The van der Waals surface area contributed by atoms with Gasteiger partial charge in [-0.25, -0.2) is 9.59 Å². The van der Waals surface area contributed by atoms with Gasteiger partial charge in [-0.05, 0) is 30.9 Å². The van der Waals surface area contributed by atoms with Gasteiger partial charge in [0.05, 0.1) is 24.7 Å². The van der Waals surface area contributed by atoms with Gasteiger partial charge in [0.15, 0.2) is 0 Å². The van der Waals surface area contributed by atoms with Crippen molar-refractivity contribution in [1.82, 2.24) is 9.80 Å². The molecule has 2 aliphatic rings. The molecule has 4 rings (SSSR count). The number of benzene rings is 2. The van der Waals surface area contributed by atoms with Gasteiger partial charge in [0, 0.05) is 22.8 Å². The quantitative estimate of drug-likeness (QED) is 0.127. The van der Waals surface area contributed by atoms with E-state index in [-0.39, 0.29) is 30.1 Å². The number of thioether (sulfide) groups is 1. The Morgan fingerprint density at radius 3 is 2.38 bits per heavy atom. The minimum atomic E-state index is -0.205. The Balaban J connectivity index is 1.65. The lowest BCUT2D eigenvalue weighted by atomic mass is 10.0. The molecule has 2 heterocycles. The Labute approximate surface area is 226 Å². The Morgan fingerprint density at radius 1 is 1.00 bits per heavy atom. The molecule has 37 heavy (non-hydrogen) atoms. The number of unbranched alkanes of at least 4 members (excludes halogenated alkanes) is 3. The van der Waals surface area contributed by atoms with Crippen LogP contribution in [0.2, 0.25) is 0 Å². The lowest BCUT2D eigenvalue weighted by molar-refractivity contribution is -0.139. The molecule has 198 valence electrons. The molecule has 0 aromatic heterocycles. The van der Waals surface area contributed by atoms with E-state index in [4.69, 9.17) is 4.74 Å². The maximum atomic E-state index is 14.0. The molecule has 0 aliphatic carbocycles. The lowest BCUT2D eigenvalue weighted by Crippen LogP contribution is -2.38. The maximum absolute atomic E-state index is 14.0. The van der Waals surface area contributed by atoms with Gasteiger partial charge in [-0.3, -0.25) is 0 Å². The number of hydrogen-bond acceptors (Lipinski definition) is 4. The van der Waals surface area contributed by atoms with Gasteiger partial charge in [-0.1, -0.05) is 100 Å². The number of amides is 2. The van der Waals surface area contributed by atoms with Crippen molar-refractivity contribution in [2.75, 3.05) is 12.4 Å². The van der Waals surface area contributed by atoms with Crippen LogP contribution < -0.4 is 0 Å².